The molecule has 1 spiro atoms. The maximum atomic E-state index is 13.9. The van der Waals surface area contributed by atoms with Gasteiger partial charge >= 0.3 is 0 Å². The van der Waals surface area contributed by atoms with E-state index in [1.165, 1.54) is 52.2 Å². The molecule has 6 nitrogen and oxygen atoms in total. The fraction of sp³-hybridized carbons (Fsp3) is 0.375. The normalized spacial score (nSPS) is 23.2. The highest BCUT2D eigenvalue weighted by Gasteiger charge is 2.61. The van der Waals surface area contributed by atoms with Gasteiger partial charge in [-0.1, -0.05) is 37.5 Å². The van der Waals surface area contributed by atoms with Crippen molar-refractivity contribution in [1.29, 1.82) is 0 Å². The van der Waals surface area contributed by atoms with Crippen molar-refractivity contribution in [1.82, 2.24) is 5.32 Å². The summed E-state index contributed by atoms with van der Waals surface area (Å²) in [4.78, 5) is 41.3. The van der Waals surface area contributed by atoms with Gasteiger partial charge in [-0.2, -0.15) is 0 Å². The molecule has 1 unspecified atom stereocenters. The van der Waals surface area contributed by atoms with E-state index in [1.54, 1.807) is 0 Å². The molecule has 1 saturated heterocycles. The van der Waals surface area contributed by atoms with Gasteiger partial charge in [0.05, 0.1) is 11.4 Å². The fourth-order valence-corrected chi connectivity index (χ4v) is 6.33. The molecule has 0 radical (unpaired) electrons. The van der Waals surface area contributed by atoms with Crippen molar-refractivity contribution in [2.45, 2.75) is 43.0 Å². The quantitative estimate of drug-likeness (QED) is 0.769. The lowest BCUT2D eigenvalue weighted by molar-refractivity contribution is -0.126. The second-order valence-corrected chi connectivity index (χ2v) is 9.62. The van der Waals surface area contributed by atoms with Crippen LogP contribution in [-0.4, -0.2) is 36.1 Å². The predicted molar refractivity (Wildman–Crippen MR) is 122 cm³/mol. The first-order valence-electron chi connectivity index (χ1n) is 10.9. The number of hydrogen-bond donors (Lipinski definition) is 1. The Labute approximate surface area is 190 Å². The van der Waals surface area contributed by atoms with Crippen LogP contribution in [0.25, 0.3) is 0 Å². The molecular formula is C24H24FN3O3S. The minimum atomic E-state index is -1.30. The number of carbonyl (C=O) groups excluding carboxylic acids is 3. The monoisotopic (exact) mass is 453 g/mol. The van der Waals surface area contributed by atoms with Crippen LogP contribution < -0.4 is 15.1 Å². The molecule has 1 aliphatic carbocycles. The maximum absolute atomic E-state index is 13.9. The number of hydrogen-bond acceptors (Lipinski definition) is 4. The molecule has 2 fully saturated rings. The van der Waals surface area contributed by atoms with Gasteiger partial charge < -0.3 is 5.32 Å². The molecule has 0 bridgehead atoms. The highest BCUT2D eigenvalue weighted by molar-refractivity contribution is 8.02. The molecule has 0 aromatic heterocycles. The summed E-state index contributed by atoms with van der Waals surface area (Å²) in [6.07, 6.45) is 5.32. The molecule has 1 saturated carbocycles. The van der Waals surface area contributed by atoms with Gasteiger partial charge in [-0.05, 0) is 43.2 Å². The SMILES string of the molecule is O=C(CN1C(=O)C2(SCC(=O)N2c2ccc(F)cc2)c2ccccc21)NC1CCCCC1. The number of anilines is 2. The first-order valence-corrected chi connectivity index (χ1v) is 11.9. The van der Waals surface area contributed by atoms with Crippen molar-refractivity contribution in [2.75, 3.05) is 22.1 Å². The first-order chi connectivity index (χ1) is 15.5. The zero-order valence-electron chi connectivity index (χ0n) is 17.6. The number of nitrogens with zero attached hydrogens (tertiary/aromatic N) is 2. The topological polar surface area (TPSA) is 69.7 Å². The summed E-state index contributed by atoms with van der Waals surface area (Å²) in [6, 6.07) is 13.0. The van der Waals surface area contributed by atoms with E-state index in [1.807, 2.05) is 24.3 Å². The van der Waals surface area contributed by atoms with Crippen LogP contribution in [0.2, 0.25) is 0 Å². The third-order valence-corrected chi connectivity index (χ3v) is 7.81. The van der Waals surface area contributed by atoms with Crippen LogP contribution in [0, 0.1) is 5.82 Å². The number of amides is 3. The minimum Gasteiger partial charge on any atom is -0.352 e. The molecule has 2 aromatic carbocycles. The van der Waals surface area contributed by atoms with Crippen LogP contribution in [0.15, 0.2) is 48.5 Å². The zero-order valence-corrected chi connectivity index (χ0v) is 18.4. The summed E-state index contributed by atoms with van der Waals surface area (Å²) in [7, 11) is 0. The summed E-state index contributed by atoms with van der Waals surface area (Å²) < 4.78 is 13.5. The summed E-state index contributed by atoms with van der Waals surface area (Å²) in [5.74, 6) is -1.03. The van der Waals surface area contributed by atoms with Crippen LogP contribution in [0.3, 0.4) is 0 Å². The largest absolute Gasteiger partial charge is 0.352 e. The Kier molecular flexibility index (Phi) is 5.41. The highest BCUT2D eigenvalue weighted by atomic mass is 32.2. The molecule has 5 rings (SSSR count). The molecule has 3 amide bonds. The number of thioether (sulfide) groups is 1. The van der Waals surface area contributed by atoms with Gasteiger partial charge in [0.1, 0.15) is 12.4 Å². The third kappa shape index (κ3) is 3.37. The van der Waals surface area contributed by atoms with Crippen molar-refractivity contribution in [3.05, 3.63) is 59.9 Å². The Bertz CT molecular complexity index is 1070. The fourth-order valence-electron chi connectivity index (χ4n) is 4.97. The lowest BCUT2D eigenvalue weighted by atomic mass is 9.95. The number of halogens is 1. The van der Waals surface area contributed by atoms with Crippen LogP contribution in [0.4, 0.5) is 15.8 Å². The van der Waals surface area contributed by atoms with Gasteiger partial charge in [-0.25, -0.2) is 4.39 Å². The van der Waals surface area contributed by atoms with Crippen LogP contribution in [-0.2, 0) is 19.3 Å². The van der Waals surface area contributed by atoms with Crippen molar-refractivity contribution >= 4 is 40.9 Å². The van der Waals surface area contributed by atoms with Crippen LogP contribution in [0.1, 0.15) is 37.7 Å². The van der Waals surface area contributed by atoms with E-state index in [4.69, 9.17) is 0 Å². The number of rotatable bonds is 4. The zero-order chi connectivity index (χ0) is 22.3. The minimum absolute atomic E-state index is 0.0971. The Hall–Kier alpha value is -2.87. The Morgan fingerprint density at radius 2 is 1.78 bits per heavy atom. The number of nitrogens with one attached hydrogen (secondary N) is 1. The average molecular weight is 454 g/mol. The van der Waals surface area contributed by atoms with Gasteiger partial charge in [0, 0.05) is 17.3 Å². The summed E-state index contributed by atoms with van der Waals surface area (Å²) in [5, 5.41) is 3.07. The highest BCUT2D eigenvalue weighted by Crippen LogP contribution is 2.55. The first kappa shape index (κ1) is 21.0. The van der Waals surface area contributed by atoms with Crippen LogP contribution in [0.5, 0.6) is 0 Å². The molecule has 1 atom stereocenters. The van der Waals surface area contributed by atoms with E-state index in [0.717, 1.165) is 25.7 Å². The van der Waals surface area contributed by atoms with Crippen molar-refractivity contribution < 1.29 is 18.8 Å². The van der Waals surface area contributed by atoms with E-state index in [2.05, 4.69) is 5.32 Å². The molecule has 2 heterocycles. The molecule has 1 N–H and O–H groups in total. The van der Waals surface area contributed by atoms with Crippen molar-refractivity contribution in [3.8, 4) is 0 Å². The summed E-state index contributed by atoms with van der Waals surface area (Å²) in [5.41, 5.74) is 1.76. The van der Waals surface area contributed by atoms with E-state index >= 15 is 0 Å². The van der Waals surface area contributed by atoms with Gasteiger partial charge in [-0.15, -0.1) is 11.8 Å². The summed E-state index contributed by atoms with van der Waals surface area (Å²) in [6.45, 7) is -0.0971. The second-order valence-electron chi connectivity index (χ2n) is 8.45. The van der Waals surface area contributed by atoms with Crippen molar-refractivity contribution in [2.24, 2.45) is 0 Å². The molecule has 2 aliphatic heterocycles. The predicted octanol–water partition coefficient (Wildman–Crippen LogP) is 3.55. The Morgan fingerprint density at radius 1 is 1.06 bits per heavy atom. The van der Waals surface area contributed by atoms with Gasteiger partial charge in [0.2, 0.25) is 16.7 Å². The number of benzene rings is 2. The number of para-hydroxylation sites is 1. The van der Waals surface area contributed by atoms with E-state index in [9.17, 15) is 18.8 Å². The molecule has 2 aromatic rings. The van der Waals surface area contributed by atoms with Gasteiger partial charge in [0.15, 0.2) is 0 Å². The van der Waals surface area contributed by atoms with Crippen molar-refractivity contribution in [3.63, 3.8) is 0 Å². The van der Waals surface area contributed by atoms with E-state index < -0.39 is 10.7 Å². The Morgan fingerprint density at radius 3 is 2.53 bits per heavy atom. The van der Waals surface area contributed by atoms with Gasteiger partial charge in [-0.3, -0.25) is 24.2 Å². The number of fused-ring (bicyclic) bond motifs is 2. The van der Waals surface area contributed by atoms with E-state index in [0.29, 0.717) is 16.9 Å². The lowest BCUT2D eigenvalue weighted by Gasteiger charge is -2.33. The molecule has 32 heavy (non-hydrogen) atoms. The smallest absolute Gasteiger partial charge is 0.269 e. The van der Waals surface area contributed by atoms with Crippen LogP contribution >= 0.6 is 11.8 Å². The maximum Gasteiger partial charge on any atom is 0.269 e. The third-order valence-electron chi connectivity index (χ3n) is 6.42. The average Bonchev–Trinajstić information content (AvgIpc) is 3.26. The standard InChI is InChI=1S/C24H24FN3O3S/c25-16-10-12-18(13-11-16)28-22(30)15-32-24(28)19-8-4-5-9-20(19)27(23(24)31)14-21(29)26-17-6-2-1-3-7-17/h4-5,8-13,17H,1-3,6-7,14-15H2,(H,26,29). The second kappa shape index (κ2) is 8.24. The Balaban J connectivity index is 1.48. The molecular weight excluding hydrogens is 429 g/mol. The molecule has 166 valence electrons. The number of carbonyl (C=O) groups is 3. The van der Waals surface area contributed by atoms with E-state index in [-0.39, 0.29) is 36.1 Å². The molecule has 3 aliphatic rings. The van der Waals surface area contributed by atoms with Gasteiger partial charge in [0.25, 0.3) is 5.91 Å². The lowest BCUT2D eigenvalue weighted by Crippen LogP contribution is -2.52. The molecule has 8 heteroatoms. The summed E-state index contributed by atoms with van der Waals surface area (Å²) >= 11 is 1.24.